The number of amides is 1. The monoisotopic (exact) mass is 428 g/mol. The van der Waals surface area contributed by atoms with E-state index < -0.39 is 0 Å². The first-order valence-electron chi connectivity index (χ1n) is 8.96. The highest BCUT2D eigenvalue weighted by Crippen LogP contribution is 2.27. The quantitative estimate of drug-likeness (QED) is 0.444. The minimum absolute atomic E-state index is 0.169. The first-order chi connectivity index (χ1) is 14.1. The summed E-state index contributed by atoms with van der Waals surface area (Å²) in [7, 11) is 0. The highest BCUT2D eigenvalue weighted by atomic mass is 32.2. The Hall–Kier alpha value is -2.85. The first kappa shape index (κ1) is 19.5. The molecule has 10 heteroatoms. The Morgan fingerprint density at radius 3 is 2.86 bits per heavy atom. The van der Waals surface area contributed by atoms with Crippen molar-refractivity contribution in [2.45, 2.75) is 25.0 Å². The number of pyridine rings is 1. The van der Waals surface area contributed by atoms with Crippen molar-refractivity contribution in [3.63, 3.8) is 0 Å². The molecule has 0 aliphatic rings. The number of thioether (sulfide) groups is 1. The number of benzene rings is 1. The fourth-order valence-electron chi connectivity index (χ4n) is 2.77. The highest BCUT2D eigenvalue weighted by Gasteiger charge is 2.16. The van der Waals surface area contributed by atoms with Gasteiger partial charge in [-0.05, 0) is 36.8 Å². The predicted molar refractivity (Wildman–Crippen MR) is 112 cm³/mol. The third-order valence-electron chi connectivity index (χ3n) is 4.03. The normalized spacial score (nSPS) is 11.1. The van der Waals surface area contributed by atoms with Gasteiger partial charge in [-0.15, -0.1) is 10.2 Å². The molecule has 0 aliphatic heterocycles. The maximum Gasteiger partial charge on any atom is 0.236 e. The molecule has 4 aromatic rings. The molecule has 1 amide bonds. The molecule has 1 aromatic carbocycles. The summed E-state index contributed by atoms with van der Waals surface area (Å²) in [6.07, 6.45) is 4.34. The topological polar surface area (TPSA) is 85.6 Å². The van der Waals surface area contributed by atoms with Crippen molar-refractivity contribution in [1.82, 2.24) is 24.7 Å². The number of anilines is 1. The van der Waals surface area contributed by atoms with Crippen molar-refractivity contribution >= 4 is 44.4 Å². The van der Waals surface area contributed by atoms with Crippen molar-refractivity contribution in [2.75, 3.05) is 11.1 Å². The Balaban J connectivity index is 1.45. The molecular formula is C19H17FN6OS2. The second-order valence-electron chi connectivity index (χ2n) is 6.16. The number of fused-ring (bicyclic) bond motifs is 1. The molecule has 0 atom stereocenters. The molecule has 29 heavy (non-hydrogen) atoms. The van der Waals surface area contributed by atoms with Crippen LogP contribution in [-0.2, 0) is 11.3 Å². The smallest absolute Gasteiger partial charge is 0.236 e. The Kier molecular flexibility index (Phi) is 5.81. The first-order valence-corrected chi connectivity index (χ1v) is 10.8. The van der Waals surface area contributed by atoms with Gasteiger partial charge in [0, 0.05) is 24.5 Å². The summed E-state index contributed by atoms with van der Waals surface area (Å²) in [6, 6.07) is 8.12. The van der Waals surface area contributed by atoms with E-state index in [2.05, 4.69) is 32.4 Å². The molecule has 7 nitrogen and oxygen atoms in total. The van der Waals surface area contributed by atoms with E-state index in [1.165, 1.54) is 35.2 Å². The number of thiazole rings is 1. The standard InChI is InChI=1S/C19H17FN6OS2/c1-2-9-26-17(12-5-7-21-8-6-12)24-25-19(26)28-11-16(27)23-18-22-14-4-3-13(20)10-15(14)29-18/h3-8,10H,2,9,11H2,1H3,(H,22,23,27). The molecule has 148 valence electrons. The molecule has 0 fully saturated rings. The number of carbonyl (C=O) groups excluding carboxylic acids is 1. The van der Waals surface area contributed by atoms with Crippen LogP contribution in [0.5, 0.6) is 0 Å². The molecule has 0 spiro atoms. The number of halogens is 1. The Labute approximate surface area is 174 Å². The zero-order valence-electron chi connectivity index (χ0n) is 15.5. The lowest BCUT2D eigenvalue weighted by Gasteiger charge is -2.08. The maximum absolute atomic E-state index is 13.3. The van der Waals surface area contributed by atoms with Crippen molar-refractivity contribution < 1.29 is 9.18 Å². The van der Waals surface area contributed by atoms with Crippen LogP contribution < -0.4 is 5.32 Å². The van der Waals surface area contributed by atoms with Crippen LogP contribution in [0.4, 0.5) is 9.52 Å². The van der Waals surface area contributed by atoms with Gasteiger partial charge in [0.25, 0.3) is 0 Å². The van der Waals surface area contributed by atoms with E-state index in [1.807, 2.05) is 16.7 Å². The summed E-state index contributed by atoms with van der Waals surface area (Å²) in [4.78, 5) is 20.7. The van der Waals surface area contributed by atoms with E-state index >= 15 is 0 Å². The second-order valence-corrected chi connectivity index (χ2v) is 8.13. The van der Waals surface area contributed by atoms with Crippen LogP contribution in [0.2, 0.25) is 0 Å². The lowest BCUT2D eigenvalue weighted by Crippen LogP contribution is -2.14. The van der Waals surface area contributed by atoms with Gasteiger partial charge in [0.2, 0.25) is 5.91 Å². The van der Waals surface area contributed by atoms with Crippen LogP contribution >= 0.6 is 23.1 Å². The lowest BCUT2D eigenvalue weighted by atomic mass is 10.2. The van der Waals surface area contributed by atoms with Crippen LogP contribution in [0.3, 0.4) is 0 Å². The van der Waals surface area contributed by atoms with Crippen molar-refractivity contribution in [3.8, 4) is 11.4 Å². The van der Waals surface area contributed by atoms with Crippen LogP contribution in [0.15, 0.2) is 47.9 Å². The zero-order valence-corrected chi connectivity index (χ0v) is 17.1. The Bertz CT molecular complexity index is 1140. The number of nitrogens with one attached hydrogen (secondary N) is 1. The van der Waals surface area contributed by atoms with Gasteiger partial charge in [0.1, 0.15) is 5.82 Å². The van der Waals surface area contributed by atoms with Crippen LogP contribution in [-0.4, -0.2) is 36.4 Å². The largest absolute Gasteiger partial charge is 0.302 e. The third-order valence-corrected chi connectivity index (χ3v) is 5.93. The minimum Gasteiger partial charge on any atom is -0.302 e. The van der Waals surface area contributed by atoms with Gasteiger partial charge >= 0.3 is 0 Å². The fourth-order valence-corrected chi connectivity index (χ4v) is 4.44. The van der Waals surface area contributed by atoms with Gasteiger partial charge < -0.3 is 9.88 Å². The van der Waals surface area contributed by atoms with E-state index in [0.29, 0.717) is 20.5 Å². The molecule has 0 saturated carbocycles. The van der Waals surface area contributed by atoms with Gasteiger partial charge in [-0.3, -0.25) is 9.78 Å². The summed E-state index contributed by atoms with van der Waals surface area (Å²) in [5.74, 6) is 0.397. The Morgan fingerprint density at radius 2 is 2.07 bits per heavy atom. The second kappa shape index (κ2) is 8.66. The molecule has 0 saturated heterocycles. The van der Waals surface area contributed by atoms with Crippen LogP contribution in [0.1, 0.15) is 13.3 Å². The molecular weight excluding hydrogens is 411 g/mol. The average molecular weight is 429 g/mol. The summed E-state index contributed by atoms with van der Waals surface area (Å²) < 4.78 is 16.0. The summed E-state index contributed by atoms with van der Waals surface area (Å²) >= 11 is 2.56. The van der Waals surface area contributed by atoms with Gasteiger partial charge in [-0.1, -0.05) is 30.0 Å². The summed E-state index contributed by atoms with van der Waals surface area (Å²) in [6.45, 7) is 2.82. The number of rotatable bonds is 7. The SMILES string of the molecule is CCCn1c(SCC(=O)Nc2nc3ccc(F)cc3s2)nnc1-c1ccncc1. The summed E-state index contributed by atoms with van der Waals surface area (Å²) in [5, 5.41) is 12.4. The number of hydrogen-bond donors (Lipinski definition) is 1. The van der Waals surface area contributed by atoms with E-state index in [-0.39, 0.29) is 17.5 Å². The van der Waals surface area contributed by atoms with Gasteiger partial charge in [-0.25, -0.2) is 9.37 Å². The molecule has 3 heterocycles. The molecule has 0 aliphatic carbocycles. The molecule has 3 aromatic heterocycles. The predicted octanol–water partition coefficient (Wildman–Crippen LogP) is 4.23. The number of carbonyl (C=O) groups is 1. The fraction of sp³-hybridized carbons (Fsp3) is 0.211. The molecule has 4 rings (SSSR count). The molecule has 0 bridgehead atoms. The summed E-state index contributed by atoms with van der Waals surface area (Å²) in [5.41, 5.74) is 1.59. The highest BCUT2D eigenvalue weighted by molar-refractivity contribution is 7.99. The lowest BCUT2D eigenvalue weighted by molar-refractivity contribution is -0.113. The van der Waals surface area contributed by atoms with Gasteiger partial charge in [0.15, 0.2) is 16.1 Å². The molecule has 0 radical (unpaired) electrons. The van der Waals surface area contributed by atoms with Crippen molar-refractivity contribution in [1.29, 1.82) is 0 Å². The number of aromatic nitrogens is 5. The zero-order chi connectivity index (χ0) is 20.2. The third kappa shape index (κ3) is 4.43. The van der Waals surface area contributed by atoms with Crippen molar-refractivity contribution in [2.24, 2.45) is 0 Å². The Morgan fingerprint density at radius 1 is 1.24 bits per heavy atom. The van der Waals surface area contributed by atoms with Gasteiger partial charge in [0.05, 0.1) is 16.0 Å². The van der Waals surface area contributed by atoms with Crippen molar-refractivity contribution in [3.05, 3.63) is 48.5 Å². The van der Waals surface area contributed by atoms with Crippen LogP contribution in [0, 0.1) is 5.82 Å². The van der Waals surface area contributed by atoms with E-state index in [9.17, 15) is 9.18 Å². The van der Waals surface area contributed by atoms with Crippen LogP contribution in [0.25, 0.3) is 21.6 Å². The maximum atomic E-state index is 13.3. The number of hydrogen-bond acceptors (Lipinski definition) is 7. The van der Waals surface area contributed by atoms with E-state index in [0.717, 1.165) is 24.4 Å². The average Bonchev–Trinajstić information content (AvgIpc) is 3.30. The van der Waals surface area contributed by atoms with E-state index in [4.69, 9.17) is 0 Å². The molecule has 0 unspecified atom stereocenters. The van der Waals surface area contributed by atoms with E-state index in [1.54, 1.807) is 18.5 Å². The van der Waals surface area contributed by atoms with Gasteiger partial charge in [-0.2, -0.15) is 0 Å². The minimum atomic E-state index is -0.324. The number of nitrogens with zero attached hydrogens (tertiary/aromatic N) is 5. The molecule has 1 N–H and O–H groups in total.